The van der Waals surface area contributed by atoms with Gasteiger partial charge in [0.25, 0.3) is 0 Å². The molecule has 1 aliphatic carbocycles. The predicted octanol–water partition coefficient (Wildman–Crippen LogP) is 1.77. The molecule has 2 rings (SSSR count). The Bertz CT molecular complexity index is 560. The van der Waals surface area contributed by atoms with E-state index < -0.39 is 10.0 Å². The minimum Gasteiger partial charge on any atom is -0.384 e. The Labute approximate surface area is 127 Å². The van der Waals surface area contributed by atoms with Crippen molar-refractivity contribution in [2.24, 2.45) is 17.6 Å². The average molecular weight is 311 g/mol. The molecule has 21 heavy (non-hydrogen) atoms. The molecule has 0 aliphatic heterocycles. The zero-order chi connectivity index (χ0) is 15.3. The summed E-state index contributed by atoms with van der Waals surface area (Å²) in [7, 11) is -2.01. The van der Waals surface area contributed by atoms with Gasteiger partial charge in [-0.1, -0.05) is 25.0 Å². The van der Waals surface area contributed by atoms with Crippen LogP contribution in [0, 0.1) is 11.8 Å². The van der Waals surface area contributed by atoms with E-state index in [1.807, 2.05) is 12.1 Å². The van der Waals surface area contributed by atoms with Gasteiger partial charge >= 0.3 is 0 Å². The summed E-state index contributed by atoms with van der Waals surface area (Å²) in [4.78, 5) is 0.299. The number of rotatable bonds is 6. The van der Waals surface area contributed by atoms with Crippen LogP contribution in [-0.4, -0.2) is 28.6 Å². The van der Waals surface area contributed by atoms with Crippen LogP contribution >= 0.6 is 0 Å². The molecule has 1 aromatic rings. The van der Waals surface area contributed by atoms with Gasteiger partial charge in [0.2, 0.25) is 10.0 Å². The third-order valence-electron chi connectivity index (χ3n) is 4.37. The van der Waals surface area contributed by atoms with E-state index in [1.54, 1.807) is 12.1 Å². The molecule has 1 fully saturated rings. The molecular weight excluding hydrogens is 286 g/mol. The molecule has 0 heterocycles. The van der Waals surface area contributed by atoms with Gasteiger partial charge in [-0.2, -0.15) is 0 Å². The Balaban J connectivity index is 2.10. The van der Waals surface area contributed by atoms with Gasteiger partial charge in [-0.15, -0.1) is 0 Å². The van der Waals surface area contributed by atoms with E-state index in [0.717, 1.165) is 13.0 Å². The van der Waals surface area contributed by atoms with Crippen LogP contribution in [0.5, 0.6) is 0 Å². The van der Waals surface area contributed by atoms with Crippen molar-refractivity contribution in [3.8, 4) is 0 Å². The fourth-order valence-corrected chi connectivity index (χ4v) is 3.97. The molecule has 4 N–H and O–H groups in total. The highest BCUT2D eigenvalue weighted by Gasteiger charge is 2.24. The molecule has 0 amide bonds. The molecule has 0 saturated heterocycles. The summed E-state index contributed by atoms with van der Waals surface area (Å²) in [6.07, 6.45) is 4.83. The molecule has 0 aromatic heterocycles. The van der Waals surface area contributed by atoms with Crippen LogP contribution in [0.1, 0.15) is 25.7 Å². The maximum Gasteiger partial charge on any atom is 0.242 e. The van der Waals surface area contributed by atoms with Crippen molar-refractivity contribution >= 4 is 15.7 Å². The lowest BCUT2D eigenvalue weighted by Crippen LogP contribution is -2.31. The van der Waals surface area contributed by atoms with Crippen molar-refractivity contribution in [2.45, 2.75) is 30.6 Å². The summed E-state index contributed by atoms with van der Waals surface area (Å²) in [5.74, 6) is 1.06. The molecule has 0 spiro atoms. The van der Waals surface area contributed by atoms with Crippen LogP contribution in [0.25, 0.3) is 0 Å². The van der Waals surface area contributed by atoms with E-state index in [0.29, 0.717) is 29.0 Å². The average Bonchev–Trinajstić information content (AvgIpc) is 2.53. The first-order valence-corrected chi connectivity index (χ1v) is 9.03. The topological polar surface area (TPSA) is 84.2 Å². The third-order valence-corrected chi connectivity index (χ3v) is 5.84. The van der Waals surface area contributed by atoms with Gasteiger partial charge in [0.05, 0.1) is 5.69 Å². The number of benzene rings is 1. The molecule has 1 aliphatic rings. The number of nitrogens with one attached hydrogen (secondary N) is 2. The monoisotopic (exact) mass is 311 g/mol. The standard InChI is InChI=1S/C15H25N3O2S/c1-17-21(19,20)15-9-5-4-8-14(15)18-11-13-7-3-2-6-12(13)10-16/h4-5,8-9,12-13,17-18H,2-3,6-7,10-11,16H2,1H3. The van der Waals surface area contributed by atoms with E-state index in [4.69, 9.17) is 5.73 Å². The van der Waals surface area contributed by atoms with Gasteiger partial charge in [-0.25, -0.2) is 13.1 Å². The highest BCUT2D eigenvalue weighted by molar-refractivity contribution is 7.89. The number of hydrogen-bond donors (Lipinski definition) is 3. The molecule has 2 atom stereocenters. The maximum absolute atomic E-state index is 12.0. The molecule has 1 aromatic carbocycles. The van der Waals surface area contributed by atoms with Gasteiger partial charge < -0.3 is 11.1 Å². The van der Waals surface area contributed by atoms with Gasteiger partial charge in [0, 0.05) is 6.54 Å². The summed E-state index contributed by atoms with van der Waals surface area (Å²) in [5.41, 5.74) is 6.51. The highest BCUT2D eigenvalue weighted by atomic mass is 32.2. The van der Waals surface area contributed by atoms with Crippen molar-refractivity contribution in [3.05, 3.63) is 24.3 Å². The quantitative estimate of drug-likeness (QED) is 0.747. The largest absolute Gasteiger partial charge is 0.384 e. The van der Waals surface area contributed by atoms with Crippen LogP contribution in [0.2, 0.25) is 0 Å². The van der Waals surface area contributed by atoms with Crippen LogP contribution in [0.15, 0.2) is 29.2 Å². The lowest BCUT2D eigenvalue weighted by molar-refractivity contribution is 0.255. The van der Waals surface area contributed by atoms with E-state index in [-0.39, 0.29) is 0 Å². The Morgan fingerprint density at radius 2 is 1.86 bits per heavy atom. The molecule has 0 bridgehead atoms. The van der Waals surface area contributed by atoms with Crippen molar-refractivity contribution in [1.82, 2.24) is 4.72 Å². The van der Waals surface area contributed by atoms with Gasteiger partial charge in [0.15, 0.2) is 0 Å². The fourth-order valence-electron chi connectivity index (χ4n) is 3.06. The SMILES string of the molecule is CNS(=O)(=O)c1ccccc1NCC1CCCCC1CN. The normalized spacial score (nSPS) is 23.0. The Hall–Kier alpha value is -1.11. The molecule has 2 unspecified atom stereocenters. The van der Waals surface area contributed by atoms with Gasteiger partial charge in [-0.05, 0) is 50.4 Å². The number of anilines is 1. The molecular formula is C15H25N3O2S. The number of hydrogen-bond acceptors (Lipinski definition) is 4. The fraction of sp³-hybridized carbons (Fsp3) is 0.600. The summed E-state index contributed by atoms with van der Waals surface area (Å²) in [6.45, 7) is 1.49. The van der Waals surface area contributed by atoms with E-state index >= 15 is 0 Å². The summed E-state index contributed by atoms with van der Waals surface area (Å²) in [6, 6.07) is 7.01. The molecule has 0 radical (unpaired) electrons. The number of sulfonamides is 1. The van der Waals surface area contributed by atoms with Crippen LogP contribution in [-0.2, 0) is 10.0 Å². The highest BCUT2D eigenvalue weighted by Crippen LogP contribution is 2.30. The first kappa shape index (κ1) is 16.3. The van der Waals surface area contributed by atoms with Crippen molar-refractivity contribution in [1.29, 1.82) is 0 Å². The van der Waals surface area contributed by atoms with Gasteiger partial charge in [-0.3, -0.25) is 0 Å². The molecule has 5 nitrogen and oxygen atoms in total. The van der Waals surface area contributed by atoms with E-state index in [2.05, 4.69) is 10.0 Å². The first-order valence-electron chi connectivity index (χ1n) is 7.55. The van der Waals surface area contributed by atoms with E-state index in [9.17, 15) is 8.42 Å². The minimum atomic E-state index is -3.44. The molecule has 1 saturated carbocycles. The Morgan fingerprint density at radius 3 is 2.52 bits per heavy atom. The van der Waals surface area contributed by atoms with Gasteiger partial charge in [0.1, 0.15) is 4.90 Å². The number of para-hydroxylation sites is 1. The second kappa shape index (κ2) is 7.24. The third kappa shape index (κ3) is 3.96. The molecule has 6 heteroatoms. The van der Waals surface area contributed by atoms with Crippen molar-refractivity contribution < 1.29 is 8.42 Å². The van der Waals surface area contributed by atoms with Crippen LogP contribution in [0.3, 0.4) is 0 Å². The Kier molecular flexibility index (Phi) is 5.61. The predicted molar refractivity (Wildman–Crippen MR) is 85.7 cm³/mol. The van der Waals surface area contributed by atoms with E-state index in [1.165, 1.54) is 26.3 Å². The van der Waals surface area contributed by atoms with Crippen molar-refractivity contribution in [3.63, 3.8) is 0 Å². The second-order valence-electron chi connectivity index (χ2n) is 5.62. The maximum atomic E-state index is 12.0. The van der Waals surface area contributed by atoms with Crippen molar-refractivity contribution in [2.75, 3.05) is 25.5 Å². The first-order chi connectivity index (χ1) is 10.1. The number of nitrogens with two attached hydrogens (primary N) is 1. The molecule has 118 valence electrons. The second-order valence-corrected chi connectivity index (χ2v) is 7.48. The summed E-state index contributed by atoms with van der Waals surface area (Å²) in [5, 5.41) is 3.31. The lowest BCUT2D eigenvalue weighted by Gasteiger charge is -2.31. The summed E-state index contributed by atoms with van der Waals surface area (Å²) >= 11 is 0. The zero-order valence-electron chi connectivity index (χ0n) is 12.5. The van der Waals surface area contributed by atoms with Crippen LogP contribution < -0.4 is 15.8 Å². The Morgan fingerprint density at radius 1 is 1.19 bits per heavy atom. The lowest BCUT2D eigenvalue weighted by atomic mass is 9.79. The zero-order valence-corrected chi connectivity index (χ0v) is 13.3. The minimum absolute atomic E-state index is 0.299. The summed E-state index contributed by atoms with van der Waals surface area (Å²) < 4.78 is 26.4. The smallest absolute Gasteiger partial charge is 0.242 e. The van der Waals surface area contributed by atoms with Crippen LogP contribution in [0.4, 0.5) is 5.69 Å².